The lowest BCUT2D eigenvalue weighted by atomic mass is 10.2. The van der Waals surface area contributed by atoms with Crippen molar-refractivity contribution in [3.63, 3.8) is 0 Å². The Kier molecular flexibility index (Phi) is 4.91. The first-order valence-corrected chi connectivity index (χ1v) is 5.69. The van der Waals surface area contributed by atoms with Crippen molar-refractivity contribution in [2.75, 3.05) is 38.8 Å². The summed E-state index contributed by atoms with van der Waals surface area (Å²) in [5.41, 5.74) is 6.40. The zero-order valence-electron chi connectivity index (χ0n) is 11.2. The van der Waals surface area contributed by atoms with Gasteiger partial charge in [-0.15, -0.1) is 0 Å². The van der Waals surface area contributed by atoms with Gasteiger partial charge in [-0.3, -0.25) is 0 Å². The molecule has 0 saturated heterocycles. The zero-order valence-corrected chi connectivity index (χ0v) is 11.2. The highest BCUT2D eigenvalue weighted by atomic mass is 16.5. The molecule has 0 radical (unpaired) electrons. The average molecular weight is 252 g/mol. The third-order valence-corrected chi connectivity index (χ3v) is 2.76. The fourth-order valence-electron chi connectivity index (χ4n) is 1.31. The molecule has 6 nitrogen and oxygen atoms in total. The van der Waals surface area contributed by atoms with Crippen molar-refractivity contribution in [1.29, 1.82) is 0 Å². The van der Waals surface area contributed by atoms with Crippen LogP contribution in [0.2, 0.25) is 0 Å². The van der Waals surface area contributed by atoms with Gasteiger partial charge in [0.05, 0.1) is 19.0 Å². The molecular weight excluding hydrogens is 232 g/mol. The van der Waals surface area contributed by atoms with E-state index in [-0.39, 0.29) is 0 Å². The maximum absolute atomic E-state index is 11.6. The number of esters is 1. The highest BCUT2D eigenvalue weighted by Crippen LogP contribution is 2.16. The summed E-state index contributed by atoms with van der Waals surface area (Å²) in [7, 11) is 5.31. The summed E-state index contributed by atoms with van der Waals surface area (Å²) < 4.78 is 4.70. The van der Waals surface area contributed by atoms with Gasteiger partial charge in [0.2, 0.25) is 0 Å². The number of hydrogen-bond donors (Lipinski definition) is 2. The molecule has 6 heteroatoms. The number of ether oxygens (including phenoxy) is 1. The number of nitrogens with two attached hydrogens (primary N) is 1. The lowest BCUT2D eigenvalue weighted by molar-refractivity contribution is 0.0601. The minimum Gasteiger partial charge on any atom is -0.465 e. The van der Waals surface area contributed by atoms with E-state index in [0.717, 1.165) is 0 Å². The Morgan fingerprint density at radius 2 is 2.28 bits per heavy atom. The van der Waals surface area contributed by atoms with E-state index in [4.69, 9.17) is 10.5 Å². The van der Waals surface area contributed by atoms with Gasteiger partial charge in [0.1, 0.15) is 11.4 Å². The monoisotopic (exact) mass is 252 g/mol. The number of likely N-dealkylation sites (N-methyl/N-ethyl adjacent to an activating group) is 1. The van der Waals surface area contributed by atoms with Crippen LogP contribution in [0.1, 0.15) is 17.3 Å². The molecule has 0 aliphatic rings. The van der Waals surface area contributed by atoms with Gasteiger partial charge in [0.25, 0.3) is 0 Å². The van der Waals surface area contributed by atoms with Gasteiger partial charge in [0.15, 0.2) is 0 Å². The Hall–Kier alpha value is -1.82. The highest BCUT2D eigenvalue weighted by molar-refractivity contribution is 5.95. The zero-order chi connectivity index (χ0) is 13.7. The largest absolute Gasteiger partial charge is 0.465 e. The SMILES string of the molecule is COC(=O)c1cc(N)cnc1NCC(C)N(C)C. The normalized spacial score (nSPS) is 12.3. The molecule has 0 aliphatic carbocycles. The number of aromatic nitrogens is 1. The Morgan fingerprint density at radius 1 is 1.61 bits per heavy atom. The molecule has 1 atom stereocenters. The predicted molar refractivity (Wildman–Crippen MR) is 71.6 cm³/mol. The van der Waals surface area contributed by atoms with Crippen molar-refractivity contribution < 1.29 is 9.53 Å². The fourth-order valence-corrected chi connectivity index (χ4v) is 1.31. The Balaban J connectivity index is 2.85. The molecule has 0 spiro atoms. The molecule has 1 heterocycles. The first-order chi connectivity index (χ1) is 8.45. The summed E-state index contributed by atoms with van der Waals surface area (Å²) >= 11 is 0. The maximum Gasteiger partial charge on any atom is 0.341 e. The van der Waals surface area contributed by atoms with Gasteiger partial charge in [0, 0.05) is 12.6 Å². The summed E-state index contributed by atoms with van der Waals surface area (Å²) in [6.45, 7) is 2.75. The van der Waals surface area contributed by atoms with Crippen LogP contribution in [0.25, 0.3) is 0 Å². The molecular formula is C12H20N4O2. The quantitative estimate of drug-likeness (QED) is 0.755. The topological polar surface area (TPSA) is 80.5 Å². The minimum absolute atomic E-state index is 0.315. The van der Waals surface area contributed by atoms with Crippen LogP contribution in [0.4, 0.5) is 11.5 Å². The van der Waals surface area contributed by atoms with Crippen molar-refractivity contribution in [2.45, 2.75) is 13.0 Å². The van der Waals surface area contributed by atoms with E-state index in [0.29, 0.717) is 29.7 Å². The molecule has 18 heavy (non-hydrogen) atoms. The number of carbonyl (C=O) groups excluding carboxylic acids is 1. The number of nitrogen functional groups attached to an aromatic ring is 1. The van der Waals surface area contributed by atoms with Gasteiger partial charge < -0.3 is 20.7 Å². The van der Waals surface area contributed by atoms with Crippen LogP contribution in [-0.4, -0.2) is 49.6 Å². The van der Waals surface area contributed by atoms with Gasteiger partial charge in [-0.25, -0.2) is 9.78 Å². The van der Waals surface area contributed by atoms with Gasteiger partial charge in [-0.05, 0) is 27.1 Å². The first kappa shape index (κ1) is 14.2. The number of nitrogens with one attached hydrogen (secondary N) is 1. The molecule has 1 unspecified atom stereocenters. The maximum atomic E-state index is 11.6. The standard InChI is InChI=1S/C12H20N4O2/c1-8(16(2)3)6-14-11-10(12(17)18-4)5-9(13)7-15-11/h5,7-8H,6,13H2,1-4H3,(H,14,15). The van der Waals surface area contributed by atoms with Crippen LogP contribution in [-0.2, 0) is 4.74 Å². The second kappa shape index (κ2) is 6.20. The van der Waals surface area contributed by atoms with Crippen LogP contribution in [0.5, 0.6) is 0 Å². The third-order valence-electron chi connectivity index (χ3n) is 2.76. The molecule has 0 bridgehead atoms. The average Bonchev–Trinajstić information content (AvgIpc) is 2.35. The Bertz CT molecular complexity index is 421. The van der Waals surface area contributed by atoms with Crippen molar-refractivity contribution in [2.24, 2.45) is 0 Å². The number of anilines is 2. The molecule has 3 N–H and O–H groups in total. The minimum atomic E-state index is -0.449. The number of nitrogens with zero attached hydrogens (tertiary/aromatic N) is 2. The summed E-state index contributed by atoms with van der Waals surface area (Å²) in [4.78, 5) is 17.8. The van der Waals surface area contributed by atoms with Gasteiger partial charge in [-0.1, -0.05) is 0 Å². The van der Waals surface area contributed by atoms with Crippen molar-refractivity contribution in [1.82, 2.24) is 9.88 Å². The van der Waals surface area contributed by atoms with Gasteiger partial charge >= 0.3 is 5.97 Å². The lowest BCUT2D eigenvalue weighted by Gasteiger charge is -2.20. The first-order valence-electron chi connectivity index (χ1n) is 5.69. The van der Waals surface area contributed by atoms with Crippen molar-refractivity contribution in [3.05, 3.63) is 17.8 Å². The molecule has 1 rings (SSSR count). The second-order valence-corrected chi connectivity index (χ2v) is 4.35. The number of rotatable bonds is 5. The van der Waals surface area contributed by atoms with Crippen LogP contribution in [0.15, 0.2) is 12.3 Å². The van der Waals surface area contributed by atoms with Crippen LogP contribution in [0, 0.1) is 0 Å². The molecule has 0 fully saturated rings. The lowest BCUT2D eigenvalue weighted by Crippen LogP contribution is -2.32. The second-order valence-electron chi connectivity index (χ2n) is 4.35. The number of methoxy groups -OCH3 is 1. The van der Waals surface area contributed by atoms with E-state index in [2.05, 4.69) is 22.1 Å². The molecule has 0 aliphatic heterocycles. The molecule has 1 aromatic rings. The number of pyridine rings is 1. The molecule has 0 aromatic carbocycles. The molecule has 1 aromatic heterocycles. The van der Waals surface area contributed by atoms with E-state index in [9.17, 15) is 4.79 Å². The highest BCUT2D eigenvalue weighted by Gasteiger charge is 2.14. The van der Waals surface area contributed by atoms with E-state index in [1.54, 1.807) is 6.07 Å². The molecule has 100 valence electrons. The number of hydrogen-bond acceptors (Lipinski definition) is 6. The van der Waals surface area contributed by atoms with Crippen molar-refractivity contribution in [3.8, 4) is 0 Å². The Morgan fingerprint density at radius 3 is 2.83 bits per heavy atom. The summed E-state index contributed by atoms with van der Waals surface area (Å²) in [5.74, 6) is 0.0413. The van der Waals surface area contributed by atoms with Crippen LogP contribution in [0.3, 0.4) is 0 Å². The molecule has 0 saturated carbocycles. The molecule has 0 amide bonds. The van der Waals surface area contributed by atoms with E-state index >= 15 is 0 Å². The van der Waals surface area contributed by atoms with Crippen LogP contribution < -0.4 is 11.1 Å². The van der Waals surface area contributed by atoms with E-state index in [1.165, 1.54) is 13.3 Å². The summed E-state index contributed by atoms with van der Waals surface area (Å²) in [5, 5.41) is 3.13. The van der Waals surface area contributed by atoms with Crippen LogP contribution >= 0.6 is 0 Å². The fraction of sp³-hybridized carbons (Fsp3) is 0.500. The van der Waals surface area contributed by atoms with E-state index in [1.807, 2.05) is 14.1 Å². The van der Waals surface area contributed by atoms with E-state index < -0.39 is 5.97 Å². The van der Waals surface area contributed by atoms with Gasteiger partial charge in [-0.2, -0.15) is 0 Å². The smallest absolute Gasteiger partial charge is 0.341 e. The van der Waals surface area contributed by atoms with Crippen molar-refractivity contribution >= 4 is 17.5 Å². The third kappa shape index (κ3) is 3.59. The predicted octanol–water partition coefficient (Wildman–Crippen LogP) is 0.812. The number of carbonyl (C=O) groups is 1. The summed E-state index contributed by atoms with van der Waals surface area (Å²) in [6.07, 6.45) is 1.51. The summed E-state index contributed by atoms with van der Waals surface area (Å²) in [6, 6.07) is 1.87. The Labute approximate surface area is 107 Å².